The molecular formula is C21H29N3O6S. The molecule has 1 fully saturated rings. The van der Waals surface area contributed by atoms with Crippen LogP contribution < -0.4 is 4.74 Å². The van der Waals surface area contributed by atoms with Gasteiger partial charge in [0, 0.05) is 25.4 Å². The molecule has 9 nitrogen and oxygen atoms in total. The Balaban J connectivity index is 1.70. The fourth-order valence-corrected chi connectivity index (χ4v) is 5.28. The fraction of sp³-hybridized carbons (Fsp3) is 0.524. The van der Waals surface area contributed by atoms with Gasteiger partial charge in [0.2, 0.25) is 15.9 Å². The Morgan fingerprint density at radius 1 is 1.26 bits per heavy atom. The summed E-state index contributed by atoms with van der Waals surface area (Å²) in [6, 6.07) is 7.82. The van der Waals surface area contributed by atoms with E-state index < -0.39 is 20.7 Å². The summed E-state index contributed by atoms with van der Waals surface area (Å²) in [5.41, 5.74) is 3.06. The van der Waals surface area contributed by atoms with E-state index in [4.69, 9.17) is 9.84 Å². The lowest BCUT2D eigenvalue weighted by molar-refractivity contribution is -0.139. The predicted octanol–water partition coefficient (Wildman–Crippen LogP) is 1.92. The number of ether oxygens (including phenoxy) is 1. The molecule has 1 saturated heterocycles. The number of rotatable bonds is 8. The smallest absolute Gasteiger partial charge is 0.325 e. The lowest BCUT2D eigenvalue weighted by Crippen LogP contribution is -2.51. The van der Waals surface area contributed by atoms with E-state index in [9.17, 15) is 18.3 Å². The third-order valence-electron chi connectivity index (χ3n) is 5.80. The number of aliphatic carboxylic acids is 1. The van der Waals surface area contributed by atoms with E-state index >= 15 is 0 Å². The topological polar surface area (TPSA) is 122 Å². The molecule has 0 aliphatic carbocycles. The van der Waals surface area contributed by atoms with Gasteiger partial charge in [-0.2, -0.15) is 0 Å². The van der Waals surface area contributed by atoms with Crippen LogP contribution in [0.15, 0.2) is 30.5 Å². The molecule has 170 valence electrons. The number of aryl methyl sites for hydroxylation is 1. The zero-order chi connectivity index (χ0) is 22.8. The lowest BCUT2D eigenvalue weighted by Gasteiger charge is -2.35. The van der Waals surface area contributed by atoms with Crippen LogP contribution in [0.25, 0.3) is 5.69 Å². The van der Waals surface area contributed by atoms with Crippen molar-refractivity contribution < 1.29 is 28.2 Å². The molecule has 0 spiro atoms. The van der Waals surface area contributed by atoms with Crippen LogP contribution in [0.2, 0.25) is 0 Å². The van der Waals surface area contributed by atoms with E-state index in [1.807, 2.05) is 19.1 Å². The van der Waals surface area contributed by atoms with E-state index in [0.29, 0.717) is 31.8 Å². The molecular weight excluding hydrogens is 422 g/mol. The highest BCUT2D eigenvalue weighted by molar-refractivity contribution is 7.91. The number of hydrogen-bond donors (Lipinski definition) is 2. The summed E-state index contributed by atoms with van der Waals surface area (Å²) in [5, 5.41) is 22.5. The number of aromatic nitrogens is 2. The van der Waals surface area contributed by atoms with Crippen LogP contribution in [0.1, 0.15) is 43.7 Å². The maximum atomic E-state index is 12.7. The van der Waals surface area contributed by atoms with E-state index in [1.165, 1.54) is 18.2 Å². The highest BCUT2D eigenvalue weighted by Crippen LogP contribution is 2.33. The normalized spacial score (nSPS) is 16.4. The number of aliphatic hydroxyl groups is 1. The number of aliphatic hydroxyl groups excluding tert-OH is 1. The standard InChI is InChI=1S/C21H29N3O6S/c1-15-14-17(4-5-18(15)24-11-8-19(22-24)30-13-12-25)16-6-9-23(10-7-16)31(28,29)21(2,3)20(26)27/h4-5,8,11,14,16,25H,6-7,9-10,12-13H2,1-3H3,(H,26,27). The summed E-state index contributed by atoms with van der Waals surface area (Å²) >= 11 is 0. The quantitative estimate of drug-likeness (QED) is 0.629. The van der Waals surface area contributed by atoms with Crippen LogP contribution in [0.5, 0.6) is 5.88 Å². The number of benzene rings is 1. The predicted molar refractivity (Wildman–Crippen MR) is 115 cm³/mol. The Morgan fingerprint density at radius 2 is 1.94 bits per heavy atom. The summed E-state index contributed by atoms with van der Waals surface area (Å²) in [7, 11) is -3.93. The molecule has 2 heterocycles. The molecule has 1 aliphatic heterocycles. The average Bonchev–Trinajstić information content (AvgIpc) is 3.20. The Morgan fingerprint density at radius 3 is 2.52 bits per heavy atom. The van der Waals surface area contributed by atoms with Gasteiger partial charge in [0.1, 0.15) is 6.61 Å². The van der Waals surface area contributed by atoms with Gasteiger partial charge in [0.15, 0.2) is 4.75 Å². The molecule has 1 aliphatic rings. The van der Waals surface area contributed by atoms with E-state index in [-0.39, 0.29) is 19.1 Å². The first-order valence-corrected chi connectivity index (χ1v) is 11.6. The van der Waals surface area contributed by atoms with Gasteiger partial charge < -0.3 is 14.9 Å². The van der Waals surface area contributed by atoms with Crippen molar-refractivity contribution in [1.82, 2.24) is 14.1 Å². The van der Waals surface area contributed by atoms with Crippen molar-refractivity contribution in [1.29, 1.82) is 0 Å². The second kappa shape index (κ2) is 8.97. The molecule has 0 atom stereocenters. The van der Waals surface area contributed by atoms with Crippen molar-refractivity contribution in [2.45, 2.75) is 44.3 Å². The number of carboxylic acid groups (broad SMARTS) is 1. The second-order valence-electron chi connectivity index (χ2n) is 8.21. The van der Waals surface area contributed by atoms with Crippen LogP contribution >= 0.6 is 0 Å². The molecule has 3 rings (SSSR count). The van der Waals surface area contributed by atoms with E-state index in [0.717, 1.165) is 16.8 Å². The molecule has 0 radical (unpaired) electrons. The first-order chi connectivity index (χ1) is 14.6. The number of hydrogen-bond acceptors (Lipinski definition) is 6. The third kappa shape index (κ3) is 4.60. The zero-order valence-electron chi connectivity index (χ0n) is 18.0. The summed E-state index contributed by atoms with van der Waals surface area (Å²) in [4.78, 5) is 11.4. The zero-order valence-corrected chi connectivity index (χ0v) is 18.8. The molecule has 10 heteroatoms. The van der Waals surface area contributed by atoms with Gasteiger partial charge in [0.25, 0.3) is 0 Å². The van der Waals surface area contributed by atoms with E-state index in [1.54, 1.807) is 16.9 Å². The monoisotopic (exact) mass is 451 g/mol. The summed E-state index contributed by atoms with van der Waals surface area (Å²) < 4.78 is 31.9. The van der Waals surface area contributed by atoms with Crippen LogP contribution in [-0.2, 0) is 14.8 Å². The maximum Gasteiger partial charge on any atom is 0.325 e. The first kappa shape index (κ1) is 23.2. The summed E-state index contributed by atoms with van der Waals surface area (Å²) in [6.07, 6.45) is 3.06. The number of piperidine rings is 1. The first-order valence-electron chi connectivity index (χ1n) is 10.2. The summed E-state index contributed by atoms with van der Waals surface area (Å²) in [6.45, 7) is 5.17. The van der Waals surface area contributed by atoms with Crippen molar-refractivity contribution in [2.75, 3.05) is 26.3 Å². The Labute approximate surface area is 182 Å². The molecule has 31 heavy (non-hydrogen) atoms. The van der Waals surface area contributed by atoms with Gasteiger partial charge in [-0.05, 0) is 56.7 Å². The number of carbonyl (C=O) groups is 1. The minimum Gasteiger partial charge on any atom is -0.480 e. The molecule has 0 saturated carbocycles. The fourth-order valence-electron chi connectivity index (χ4n) is 3.72. The summed E-state index contributed by atoms with van der Waals surface area (Å²) in [5.74, 6) is -0.701. The minimum absolute atomic E-state index is 0.0749. The highest BCUT2D eigenvalue weighted by Gasteiger charge is 2.46. The number of nitrogens with zero attached hydrogens (tertiary/aromatic N) is 3. The molecule has 0 unspecified atom stereocenters. The largest absolute Gasteiger partial charge is 0.480 e. The van der Waals surface area contributed by atoms with Crippen molar-refractivity contribution in [2.24, 2.45) is 0 Å². The maximum absolute atomic E-state index is 12.7. The molecule has 1 aromatic carbocycles. The molecule has 1 aromatic heterocycles. The van der Waals surface area contributed by atoms with Crippen LogP contribution in [0.4, 0.5) is 0 Å². The Hall–Kier alpha value is -2.43. The van der Waals surface area contributed by atoms with Crippen molar-refractivity contribution in [3.63, 3.8) is 0 Å². The molecule has 0 bridgehead atoms. The third-order valence-corrected chi connectivity index (χ3v) is 8.31. The van der Waals surface area contributed by atoms with Gasteiger partial charge >= 0.3 is 5.97 Å². The van der Waals surface area contributed by atoms with Crippen LogP contribution in [0, 0.1) is 6.92 Å². The number of sulfonamides is 1. The Kier molecular flexibility index (Phi) is 6.73. The van der Waals surface area contributed by atoms with Gasteiger partial charge in [-0.3, -0.25) is 4.79 Å². The van der Waals surface area contributed by atoms with Crippen molar-refractivity contribution >= 4 is 16.0 Å². The van der Waals surface area contributed by atoms with Gasteiger partial charge in [0.05, 0.1) is 12.3 Å². The van der Waals surface area contributed by atoms with Gasteiger partial charge in [-0.15, -0.1) is 5.10 Å². The molecule has 0 amide bonds. The molecule has 2 aromatic rings. The lowest BCUT2D eigenvalue weighted by atomic mass is 9.89. The highest BCUT2D eigenvalue weighted by atomic mass is 32.2. The number of carboxylic acids is 1. The van der Waals surface area contributed by atoms with Gasteiger partial charge in [-0.1, -0.05) is 12.1 Å². The second-order valence-corrected chi connectivity index (χ2v) is 10.7. The van der Waals surface area contributed by atoms with E-state index in [2.05, 4.69) is 11.2 Å². The Bertz CT molecular complexity index is 1040. The van der Waals surface area contributed by atoms with Crippen molar-refractivity contribution in [3.8, 4) is 11.6 Å². The van der Waals surface area contributed by atoms with Crippen molar-refractivity contribution in [3.05, 3.63) is 41.6 Å². The average molecular weight is 452 g/mol. The SMILES string of the molecule is Cc1cc(C2CCN(S(=O)(=O)C(C)(C)C(=O)O)CC2)ccc1-n1ccc(OCCO)n1. The van der Waals surface area contributed by atoms with Crippen LogP contribution in [-0.4, -0.2) is 69.7 Å². The van der Waals surface area contributed by atoms with Gasteiger partial charge in [-0.25, -0.2) is 17.4 Å². The minimum atomic E-state index is -3.93. The molecule has 2 N–H and O–H groups in total. The van der Waals surface area contributed by atoms with Crippen LogP contribution in [0.3, 0.4) is 0 Å².